The molecular weight excluding hydrogens is 263 g/mol. The van der Waals surface area contributed by atoms with Gasteiger partial charge in [-0.25, -0.2) is 0 Å². The van der Waals surface area contributed by atoms with Crippen molar-refractivity contribution >= 4 is 5.69 Å². The van der Waals surface area contributed by atoms with Crippen LogP contribution >= 0.6 is 0 Å². The van der Waals surface area contributed by atoms with Crippen LogP contribution in [-0.2, 0) is 6.42 Å². The van der Waals surface area contributed by atoms with E-state index in [1.807, 2.05) is 20.0 Å². The minimum absolute atomic E-state index is 0.266. The summed E-state index contributed by atoms with van der Waals surface area (Å²) in [6.45, 7) is 2.02. The van der Waals surface area contributed by atoms with Crippen LogP contribution in [0, 0.1) is 15.9 Å². The number of nitrogens with zero attached hydrogens (tertiary/aromatic N) is 1. The van der Waals surface area contributed by atoms with Gasteiger partial charge in [-0.05, 0) is 38.2 Å². The van der Waals surface area contributed by atoms with Crippen molar-refractivity contribution in [3.05, 3.63) is 52.0 Å². The van der Waals surface area contributed by atoms with Gasteiger partial charge in [-0.15, -0.1) is 0 Å². The highest BCUT2D eigenvalue weighted by Crippen LogP contribution is 2.27. The predicted molar refractivity (Wildman–Crippen MR) is 73.0 cm³/mol. The van der Waals surface area contributed by atoms with Crippen molar-refractivity contribution in [1.82, 2.24) is 5.32 Å². The summed E-state index contributed by atoms with van der Waals surface area (Å²) in [7, 11) is 1.86. The van der Waals surface area contributed by atoms with Gasteiger partial charge in [-0.1, -0.05) is 0 Å². The molecule has 106 valence electrons. The Balaban J connectivity index is 2.24. The van der Waals surface area contributed by atoms with Crippen molar-refractivity contribution in [3.8, 4) is 11.3 Å². The van der Waals surface area contributed by atoms with Crippen LogP contribution in [0.25, 0.3) is 11.3 Å². The molecule has 0 aliphatic heterocycles. The zero-order valence-corrected chi connectivity index (χ0v) is 11.2. The lowest BCUT2D eigenvalue weighted by molar-refractivity contribution is -0.387. The number of furan rings is 1. The maximum Gasteiger partial charge on any atom is 0.304 e. The Hall–Kier alpha value is -2.21. The maximum atomic E-state index is 13.6. The Bertz CT molecular complexity index is 625. The molecule has 0 fully saturated rings. The Morgan fingerprint density at radius 3 is 2.75 bits per heavy atom. The summed E-state index contributed by atoms with van der Waals surface area (Å²) in [5.74, 6) is 0.409. The largest absolute Gasteiger partial charge is 0.461 e. The zero-order valence-electron chi connectivity index (χ0n) is 11.2. The predicted octanol–water partition coefficient (Wildman–Crippen LogP) is 3.14. The lowest BCUT2D eigenvalue weighted by Gasteiger charge is -2.06. The van der Waals surface area contributed by atoms with Crippen LogP contribution in [0.2, 0.25) is 0 Å². The summed E-state index contributed by atoms with van der Waals surface area (Å²) in [5, 5.41) is 13.7. The van der Waals surface area contributed by atoms with Crippen molar-refractivity contribution in [2.75, 3.05) is 7.05 Å². The molecule has 2 rings (SSSR count). The summed E-state index contributed by atoms with van der Waals surface area (Å²) in [5.41, 5.74) is -0.0548. The number of nitrogens with one attached hydrogen (secondary N) is 1. The lowest BCUT2D eigenvalue weighted by Crippen LogP contribution is -2.23. The summed E-state index contributed by atoms with van der Waals surface area (Å²) in [4.78, 5) is 9.81. The minimum atomic E-state index is -0.867. The van der Waals surface area contributed by atoms with E-state index in [1.165, 1.54) is 6.07 Å². The number of benzene rings is 1. The fourth-order valence-electron chi connectivity index (χ4n) is 1.85. The number of hydrogen-bond donors (Lipinski definition) is 1. The molecule has 1 heterocycles. The molecule has 0 bridgehead atoms. The topological polar surface area (TPSA) is 68.3 Å². The van der Waals surface area contributed by atoms with Crippen molar-refractivity contribution < 1.29 is 13.7 Å². The van der Waals surface area contributed by atoms with Gasteiger partial charge in [-0.3, -0.25) is 10.1 Å². The molecule has 5 nitrogen and oxygen atoms in total. The van der Waals surface area contributed by atoms with Gasteiger partial charge in [0.05, 0.1) is 4.92 Å². The van der Waals surface area contributed by atoms with E-state index >= 15 is 0 Å². The Morgan fingerprint density at radius 2 is 2.15 bits per heavy atom. The molecule has 0 spiro atoms. The second-order valence-electron chi connectivity index (χ2n) is 4.58. The molecule has 1 aromatic heterocycles. The molecular formula is C14H15FN2O3. The summed E-state index contributed by atoms with van der Waals surface area (Å²) in [6.07, 6.45) is 0.714. The SMILES string of the molecule is CNC(C)Cc1ccc(-c2ccc([N+](=O)[O-])c(F)c2)o1. The molecule has 0 aliphatic rings. The zero-order chi connectivity index (χ0) is 14.7. The number of rotatable bonds is 5. The van der Waals surface area contributed by atoms with Gasteiger partial charge >= 0.3 is 5.69 Å². The molecule has 1 unspecified atom stereocenters. The lowest BCUT2D eigenvalue weighted by atomic mass is 10.1. The average Bonchev–Trinajstić information content (AvgIpc) is 2.86. The Morgan fingerprint density at radius 1 is 1.40 bits per heavy atom. The Labute approximate surface area is 115 Å². The molecule has 0 saturated carbocycles. The highest BCUT2D eigenvalue weighted by atomic mass is 19.1. The van der Waals surface area contributed by atoms with E-state index in [0.717, 1.165) is 17.9 Å². The van der Waals surface area contributed by atoms with Crippen LogP contribution in [0.1, 0.15) is 12.7 Å². The first-order valence-corrected chi connectivity index (χ1v) is 6.21. The van der Waals surface area contributed by atoms with Gasteiger partial charge in [0.25, 0.3) is 0 Å². The van der Waals surface area contributed by atoms with E-state index in [4.69, 9.17) is 4.42 Å². The normalized spacial score (nSPS) is 12.3. The molecule has 2 aromatic rings. The molecule has 0 radical (unpaired) electrons. The van der Waals surface area contributed by atoms with Gasteiger partial charge in [0.1, 0.15) is 11.5 Å². The monoisotopic (exact) mass is 278 g/mol. The van der Waals surface area contributed by atoms with Crippen LogP contribution in [-0.4, -0.2) is 18.0 Å². The van der Waals surface area contributed by atoms with Gasteiger partial charge in [0.15, 0.2) is 0 Å². The first kappa shape index (κ1) is 14.2. The molecule has 20 heavy (non-hydrogen) atoms. The molecule has 1 atom stereocenters. The molecule has 1 aromatic carbocycles. The molecule has 1 N–H and O–H groups in total. The highest BCUT2D eigenvalue weighted by Gasteiger charge is 2.16. The van der Waals surface area contributed by atoms with Crippen LogP contribution in [0.15, 0.2) is 34.7 Å². The quantitative estimate of drug-likeness (QED) is 0.674. The van der Waals surface area contributed by atoms with E-state index < -0.39 is 16.4 Å². The second kappa shape index (κ2) is 5.83. The first-order chi connectivity index (χ1) is 9.51. The standard InChI is InChI=1S/C14H15FN2O3/c1-9(16-2)7-11-4-6-14(20-11)10-3-5-13(17(18)19)12(15)8-10/h3-6,8-9,16H,7H2,1-2H3. The number of likely N-dealkylation sites (N-methyl/N-ethyl adjacent to an activating group) is 1. The van der Waals surface area contributed by atoms with Crippen molar-refractivity contribution in [2.45, 2.75) is 19.4 Å². The van der Waals surface area contributed by atoms with Crippen LogP contribution in [0.4, 0.5) is 10.1 Å². The number of halogens is 1. The third-order valence-electron chi connectivity index (χ3n) is 3.09. The number of nitro groups is 1. The van der Waals surface area contributed by atoms with E-state index in [9.17, 15) is 14.5 Å². The number of nitro benzene ring substituents is 1. The summed E-state index contributed by atoms with van der Waals surface area (Å²) < 4.78 is 19.2. The van der Waals surface area contributed by atoms with E-state index in [2.05, 4.69) is 5.32 Å². The van der Waals surface area contributed by atoms with Crippen molar-refractivity contribution in [3.63, 3.8) is 0 Å². The second-order valence-corrected chi connectivity index (χ2v) is 4.58. The fourth-order valence-corrected chi connectivity index (χ4v) is 1.85. The van der Waals surface area contributed by atoms with Crippen LogP contribution in [0.3, 0.4) is 0 Å². The van der Waals surface area contributed by atoms with E-state index in [-0.39, 0.29) is 6.04 Å². The molecule has 0 amide bonds. The third-order valence-corrected chi connectivity index (χ3v) is 3.09. The molecule has 6 heteroatoms. The highest BCUT2D eigenvalue weighted by molar-refractivity contribution is 5.60. The van der Waals surface area contributed by atoms with Gasteiger partial charge in [0.2, 0.25) is 5.82 Å². The van der Waals surface area contributed by atoms with Crippen molar-refractivity contribution in [1.29, 1.82) is 0 Å². The summed E-state index contributed by atoms with van der Waals surface area (Å²) >= 11 is 0. The van der Waals surface area contributed by atoms with Gasteiger partial charge < -0.3 is 9.73 Å². The van der Waals surface area contributed by atoms with Gasteiger partial charge in [-0.2, -0.15) is 4.39 Å². The smallest absolute Gasteiger partial charge is 0.304 e. The Kier molecular flexibility index (Phi) is 4.14. The van der Waals surface area contributed by atoms with Crippen molar-refractivity contribution in [2.24, 2.45) is 0 Å². The minimum Gasteiger partial charge on any atom is -0.461 e. The van der Waals surface area contributed by atoms with Gasteiger partial charge in [0, 0.05) is 24.1 Å². The number of hydrogen-bond acceptors (Lipinski definition) is 4. The van der Waals surface area contributed by atoms with Crippen LogP contribution < -0.4 is 5.32 Å². The summed E-state index contributed by atoms with van der Waals surface area (Å²) in [6, 6.07) is 7.56. The van der Waals surface area contributed by atoms with E-state index in [1.54, 1.807) is 6.07 Å². The molecule has 0 aliphatic carbocycles. The van der Waals surface area contributed by atoms with Crippen LogP contribution in [0.5, 0.6) is 0 Å². The first-order valence-electron chi connectivity index (χ1n) is 6.21. The van der Waals surface area contributed by atoms with E-state index in [0.29, 0.717) is 17.7 Å². The maximum absolute atomic E-state index is 13.6. The molecule has 0 saturated heterocycles. The average molecular weight is 278 g/mol. The third kappa shape index (κ3) is 3.03. The fraction of sp³-hybridized carbons (Fsp3) is 0.286.